The van der Waals surface area contributed by atoms with Gasteiger partial charge >= 0.3 is 5.97 Å². The first kappa shape index (κ1) is 14.4. The van der Waals surface area contributed by atoms with E-state index in [2.05, 4.69) is 6.92 Å². The average Bonchev–Trinajstić information content (AvgIpc) is 2.67. The Bertz CT molecular complexity index is 344. The Hall–Kier alpha value is -1.65. The fourth-order valence-electron chi connectivity index (χ4n) is 1.72. The Morgan fingerprint density at radius 3 is 2.39 bits per heavy atom. The first-order valence-corrected chi connectivity index (χ1v) is 6.29. The number of hydrogen-bond acceptors (Lipinski definition) is 4. The Labute approximate surface area is 107 Å². The van der Waals surface area contributed by atoms with E-state index >= 15 is 0 Å². The molecule has 2 amide bonds. The zero-order valence-corrected chi connectivity index (χ0v) is 10.8. The van der Waals surface area contributed by atoms with Crippen LogP contribution in [0, 0.1) is 0 Å². The number of esters is 1. The van der Waals surface area contributed by atoms with Crippen LogP contribution in [0.5, 0.6) is 0 Å². The van der Waals surface area contributed by atoms with Crippen molar-refractivity contribution in [3.05, 3.63) is 12.2 Å². The third-order valence-electron chi connectivity index (χ3n) is 2.81. The predicted octanol–water partition coefficient (Wildman–Crippen LogP) is 1.42. The Kier molecular flexibility index (Phi) is 5.55. The average molecular weight is 253 g/mol. The third kappa shape index (κ3) is 3.68. The van der Waals surface area contributed by atoms with Crippen molar-refractivity contribution in [3.63, 3.8) is 0 Å². The molecular formula is C13H19NO4. The summed E-state index contributed by atoms with van der Waals surface area (Å²) in [5.41, 5.74) is 0. The highest BCUT2D eigenvalue weighted by molar-refractivity contribution is 6.14. The van der Waals surface area contributed by atoms with Gasteiger partial charge in [0, 0.05) is 12.2 Å². The Morgan fingerprint density at radius 2 is 1.83 bits per heavy atom. The van der Waals surface area contributed by atoms with E-state index < -0.39 is 23.8 Å². The molecule has 0 unspecified atom stereocenters. The zero-order valence-electron chi connectivity index (χ0n) is 10.8. The van der Waals surface area contributed by atoms with Gasteiger partial charge in [0.1, 0.15) is 6.04 Å². The van der Waals surface area contributed by atoms with Gasteiger partial charge < -0.3 is 4.74 Å². The smallest absolute Gasteiger partial charge is 0.329 e. The molecule has 0 aromatic heterocycles. The summed E-state index contributed by atoms with van der Waals surface area (Å²) in [6.45, 7) is 3.94. The molecule has 0 saturated carbocycles. The van der Waals surface area contributed by atoms with E-state index in [1.54, 1.807) is 0 Å². The lowest BCUT2D eigenvalue weighted by atomic mass is 10.2. The maximum absolute atomic E-state index is 11.7. The summed E-state index contributed by atoms with van der Waals surface area (Å²) in [4.78, 5) is 35.3. The molecule has 0 fully saturated rings. The van der Waals surface area contributed by atoms with Crippen LogP contribution in [0.2, 0.25) is 0 Å². The van der Waals surface area contributed by atoms with Gasteiger partial charge in [-0.05, 0) is 13.3 Å². The number of nitrogens with zero attached hydrogens (tertiary/aromatic N) is 1. The molecule has 100 valence electrons. The number of unbranched alkanes of at least 4 members (excludes halogenated alkanes) is 3. The van der Waals surface area contributed by atoms with Crippen molar-refractivity contribution >= 4 is 17.8 Å². The van der Waals surface area contributed by atoms with Crippen LogP contribution < -0.4 is 0 Å². The summed E-state index contributed by atoms with van der Waals surface area (Å²) in [5.74, 6) is -1.46. The molecule has 1 atom stereocenters. The first-order valence-electron chi connectivity index (χ1n) is 6.29. The number of hydrogen-bond donors (Lipinski definition) is 0. The first-order chi connectivity index (χ1) is 8.57. The second kappa shape index (κ2) is 6.93. The minimum Gasteiger partial charge on any atom is -0.464 e. The molecule has 0 spiro atoms. The van der Waals surface area contributed by atoms with Crippen LogP contribution in [0.4, 0.5) is 0 Å². The van der Waals surface area contributed by atoms with Gasteiger partial charge in [-0.15, -0.1) is 0 Å². The normalized spacial score (nSPS) is 16.2. The van der Waals surface area contributed by atoms with Crippen molar-refractivity contribution < 1.29 is 19.1 Å². The van der Waals surface area contributed by atoms with Gasteiger partial charge in [-0.1, -0.05) is 26.2 Å². The number of carbonyl (C=O) groups excluding carboxylic acids is 3. The highest BCUT2D eigenvalue weighted by atomic mass is 16.5. The molecule has 18 heavy (non-hydrogen) atoms. The third-order valence-corrected chi connectivity index (χ3v) is 2.81. The van der Waals surface area contributed by atoms with Crippen LogP contribution >= 0.6 is 0 Å². The van der Waals surface area contributed by atoms with Gasteiger partial charge in [0.15, 0.2) is 0 Å². The van der Waals surface area contributed by atoms with Gasteiger partial charge in [0.2, 0.25) is 0 Å². The lowest BCUT2D eigenvalue weighted by Gasteiger charge is -2.20. The van der Waals surface area contributed by atoms with Crippen molar-refractivity contribution in [2.45, 2.75) is 45.6 Å². The summed E-state index contributed by atoms with van der Waals surface area (Å²) in [7, 11) is 0. The maximum atomic E-state index is 11.7. The second-order valence-electron chi connectivity index (χ2n) is 4.28. The highest BCUT2D eigenvalue weighted by Crippen LogP contribution is 2.10. The molecule has 1 rings (SSSR count). The molecule has 0 aromatic carbocycles. The molecule has 0 aliphatic carbocycles. The van der Waals surface area contributed by atoms with Gasteiger partial charge in [-0.25, -0.2) is 4.79 Å². The van der Waals surface area contributed by atoms with Crippen LogP contribution in [0.1, 0.15) is 39.5 Å². The van der Waals surface area contributed by atoms with E-state index in [9.17, 15) is 14.4 Å². The van der Waals surface area contributed by atoms with Crippen molar-refractivity contribution in [3.8, 4) is 0 Å². The summed E-state index contributed by atoms with van der Waals surface area (Å²) >= 11 is 0. The minimum absolute atomic E-state index is 0.340. The second-order valence-corrected chi connectivity index (χ2v) is 4.28. The van der Waals surface area contributed by atoms with E-state index in [0.717, 1.165) is 42.7 Å². The largest absolute Gasteiger partial charge is 0.464 e. The van der Waals surface area contributed by atoms with Crippen LogP contribution in [-0.4, -0.2) is 35.3 Å². The van der Waals surface area contributed by atoms with Gasteiger partial charge in [-0.2, -0.15) is 0 Å². The number of imide groups is 1. The molecule has 1 aliphatic rings. The summed E-state index contributed by atoms with van der Waals surface area (Å²) in [6, 6.07) is -0.855. The Balaban J connectivity index is 2.33. The fraction of sp³-hybridized carbons (Fsp3) is 0.615. The van der Waals surface area contributed by atoms with E-state index in [4.69, 9.17) is 4.74 Å². The number of rotatable bonds is 7. The standard InChI is InChI=1S/C13H19NO4/c1-3-4-5-6-9-18-13(17)10(2)14-11(15)7-8-12(14)16/h7-8,10H,3-6,9H2,1-2H3/t10-/m0/s1. The number of amides is 2. The zero-order chi connectivity index (χ0) is 13.5. The van der Waals surface area contributed by atoms with Crippen molar-refractivity contribution in [1.82, 2.24) is 4.90 Å². The molecule has 5 nitrogen and oxygen atoms in total. The summed E-state index contributed by atoms with van der Waals surface area (Å²) in [5, 5.41) is 0. The van der Waals surface area contributed by atoms with Crippen LogP contribution in [-0.2, 0) is 19.1 Å². The molecule has 1 aliphatic heterocycles. The SMILES string of the molecule is CCCCCCOC(=O)[C@H](C)N1C(=O)C=CC1=O. The van der Waals surface area contributed by atoms with Gasteiger partial charge in [0.05, 0.1) is 6.61 Å². The van der Waals surface area contributed by atoms with Crippen LogP contribution in [0.25, 0.3) is 0 Å². The topological polar surface area (TPSA) is 63.7 Å². The number of ether oxygens (including phenoxy) is 1. The van der Waals surface area contributed by atoms with Crippen molar-refractivity contribution in [2.24, 2.45) is 0 Å². The van der Waals surface area contributed by atoms with Crippen molar-refractivity contribution in [1.29, 1.82) is 0 Å². The van der Waals surface area contributed by atoms with Crippen LogP contribution in [0.3, 0.4) is 0 Å². The lowest BCUT2D eigenvalue weighted by Crippen LogP contribution is -2.43. The summed E-state index contributed by atoms with van der Waals surface area (Å²) in [6.07, 6.45) is 6.38. The molecule has 0 bridgehead atoms. The molecular weight excluding hydrogens is 234 g/mol. The molecule has 0 radical (unpaired) electrons. The van der Waals surface area contributed by atoms with Crippen LogP contribution in [0.15, 0.2) is 12.2 Å². The monoisotopic (exact) mass is 253 g/mol. The van der Waals surface area contributed by atoms with E-state index in [0.29, 0.717) is 6.61 Å². The van der Waals surface area contributed by atoms with E-state index in [1.807, 2.05) is 0 Å². The van der Waals surface area contributed by atoms with Gasteiger partial charge in [-0.3, -0.25) is 14.5 Å². The molecule has 0 N–H and O–H groups in total. The highest BCUT2D eigenvalue weighted by Gasteiger charge is 2.33. The predicted molar refractivity (Wildman–Crippen MR) is 65.6 cm³/mol. The fourth-order valence-corrected chi connectivity index (χ4v) is 1.72. The number of carbonyl (C=O) groups is 3. The van der Waals surface area contributed by atoms with Gasteiger partial charge in [0.25, 0.3) is 11.8 Å². The molecule has 1 heterocycles. The lowest BCUT2D eigenvalue weighted by molar-refractivity contribution is -0.156. The Morgan fingerprint density at radius 1 is 1.22 bits per heavy atom. The molecule has 5 heteroatoms. The molecule has 0 aromatic rings. The van der Waals surface area contributed by atoms with E-state index in [1.165, 1.54) is 6.92 Å². The quantitative estimate of drug-likeness (QED) is 0.391. The molecule has 0 saturated heterocycles. The van der Waals surface area contributed by atoms with Crippen molar-refractivity contribution in [2.75, 3.05) is 6.61 Å². The minimum atomic E-state index is -0.855. The maximum Gasteiger partial charge on any atom is 0.329 e. The van der Waals surface area contributed by atoms with E-state index in [-0.39, 0.29) is 0 Å². The summed E-state index contributed by atoms with van der Waals surface area (Å²) < 4.78 is 5.05.